The van der Waals surface area contributed by atoms with E-state index in [1.807, 2.05) is 13.8 Å². The summed E-state index contributed by atoms with van der Waals surface area (Å²) in [4.78, 5) is 12.2. The molecule has 0 radical (unpaired) electrons. The number of Topliss-reactive ketones (excluding diaryl/α,β-unsaturated/α-hetero) is 1. The fourth-order valence-corrected chi connectivity index (χ4v) is 4.64. The summed E-state index contributed by atoms with van der Waals surface area (Å²) >= 11 is 0. The quantitative estimate of drug-likeness (QED) is 0.631. The summed E-state index contributed by atoms with van der Waals surface area (Å²) in [6, 6.07) is 0. The van der Waals surface area contributed by atoms with Gasteiger partial charge in [-0.2, -0.15) is 0 Å². The van der Waals surface area contributed by atoms with Crippen molar-refractivity contribution in [2.24, 2.45) is 16.7 Å². The van der Waals surface area contributed by atoms with Crippen LogP contribution < -0.4 is 0 Å². The summed E-state index contributed by atoms with van der Waals surface area (Å²) < 4.78 is 5.96. The first-order chi connectivity index (χ1) is 9.29. The Balaban J connectivity index is 2.20. The van der Waals surface area contributed by atoms with Crippen LogP contribution in [0.1, 0.15) is 27.2 Å². The minimum absolute atomic E-state index is 0.0323. The molecule has 1 aliphatic heterocycles. The van der Waals surface area contributed by atoms with Crippen LogP contribution in [0.3, 0.4) is 0 Å². The molecule has 0 aromatic carbocycles. The normalized spacial score (nSPS) is 54.6. The number of hydrogen-bond donors (Lipinski definition) is 3. The molecule has 0 spiro atoms. The molecule has 0 amide bonds. The Kier molecular flexibility index (Phi) is 2.93. The third-order valence-electron chi connectivity index (χ3n) is 6.17. The Hall–Kier alpha value is -0.750. The number of carbonyl (C=O) groups is 1. The van der Waals surface area contributed by atoms with Crippen LogP contribution in [-0.2, 0) is 9.53 Å². The van der Waals surface area contributed by atoms with E-state index in [0.29, 0.717) is 12.0 Å². The van der Waals surface area contributed by atoms with Crippen LogP contribution in [0.5, 0.6) is 0 Å². The molecule has 2 aliphatic carbocycles. The van der Waals surface area contributed by atoms with Crippen LogP contribution in [0.2, 0.25) is 0 Å². The summed E-state index contributed by atoms with van der Waals surface area (Å²) in [5.41, 5.74) is -1.16. The fraction of sp³-hybridized carbons (Fsp3) is 0.800. The van der Waals surface area contributed by atoms with Crippen molar-refractivity contribution in [3.05, 3.63) is 11.6 Å². The fourth-order valence-electron chi connectivity index (χ4n) is 4.64. The van der Waals surface area contributed by atoms with E-state index in [9.17, 15) is 20.1 Å². The Morgan fingerprint density at radius 2 is 2.10 bits per heavy atom. The lowest BCUT2D eigenvalue weighted by Crippen LogP contribution is -2.67. The monoisotopic (exact) mass is 282 g/mol. The smallest absolute Gasteiger partial charge is 0.187 e. The first-order valence-electron chi connectivity index (χ1n) is 7.14. The molecule has 5 heteroatoms. The Bertz CT molecular complexity index is 487. The van der Waals surface area contributed by atoms with Crippen molar-refractivity contribution in [3.63, 3.8) is 0 Å². The van der Waals surface area contributed by atoms with Crippen LogP contribution in [0.25, 0.3) is 0 Å². The lowest BCUT2D eigenvalue weighted by atomic mass is 9.51. The molecule has 7 unspecified atom stereocenters. The maximum atomic E-state index is 12.2. The van der Waals surface area contributed by atoms with Gasteiger partial charge < -0.3 is 20.1 Å². The number of ketones is 1. The molecule has 5 nitrogen and oxygen atoms in total. The standard InChI is InChI=1S/C15H22O5/c1-7-4-10-15(6-16,13(19)11(7)18)14(3)5-9(17)12(20-10)8(14)2/h4,8-10,12-13,16-17,19H,5-6H2,1-3H3. The average Bonchev–Trinajstić information content (AvgIpc) is 2.55. The molecule has 3 N–H and O–H groups in total. The first-order valence-corrected chi connectivity index (χ1v) is 7.14. The molecule has 3 aliphatic rings. The molecule has 0 aromatic rings. The maximum absolute atomic E-state index is 12.2. The van der Waals surface area contributed by atoms with Crippen LogP contribution in [0.15, 0.2) is 11.6 Å². The zero-order valence-corrected chi connectivity index (χ0v) is 12.0. The second-order valence-electron chi connectivity index (χ2n) is 6.81. The average molecular weight is 282 g/mol. The van der Waals surface area contributed by atoms with Crippen LogP contribution in [0, 0.1) is 16.7 Å². The van der Waals surface area contributed by atoms with Gasteiger partial charge in [0.2, 0.25) is 0 Å². The van der Waals surface area contributed by atoms with Gasteiger partial charge in [-0.3, -0.25) is 4.79 Å². The van der Waals surface area contributed by atoms with E-state index < -0.39 is 29.1 Å². The molecule has 1 heterocycles. The minimum Gasteiger partial charge on any atom is -0.396 e. The number of rotatable bonds is 1. The van der Waals surface area contributed by atoms with E-state index >= 15 is 0 Å². The number of carbonyl (C=O) groups excluding carboxylic acids is 1. The van der Waals surface area contributed by atoms with Gasteiger partial charge in [0.05, 0.1) is 30.3 Å². The van der Waals surface area contributed by atoms with Crippen molar-refractivity contribution >= 4 is 5.78 Å². The maximum Gasteiger partial charge on any atom is 0.187 e. The number of hydrogen-bond acceptors (Lipinski definition) is 5. The van der Waals surface area contributed by atoms with Gasteiger partial charge in [-0.1, -0.05) is 13.8 Å². The van der Waals surface area contributed by atoms with E-state index in [0.717, 1.165) is 0 Å². The van der Waals surface area contributed by atoms with Gasteiger partial charge in [0.1, 0.15) is 6.10 Å². The number of aliphatic hydroxyl groups excluding tert-OH is 3. The van der Waals surface area contributed by atoms with Gasteiger partial charge in [0.25, 0.3) is 0 Å². The van der Waals surface area contributed by atoms with Crippen molar-refractivity contribution < 1.29 is 24.9 Å². The van der Waals surface area contributed by atoms with Crippen molar-refractivity contribution in [3.8, 4) is 0 Å². The summed E-state index contributed by atoms with van der Waals surface area (Å²) in [6.07, 6.45) is -0.646. The SMILES string of the molecule is CC1=CC2OC3C(O)CC(C)(C3C)C2(CO)C(O)C1=O. The third kappa shape index (κ3) is 1.34. The van der Waals surface area contributed by atoms with E-state index in [-0.39, 0.29) is 24.4 Å². The highest BCUT2D eigenvalue weighted by atomic mass is 16.5. The lowest BCUT2D eigenvalue weighted by molar-refractivity contribution is -0.236. The molecule has 112 valence electrons. The first kappa shape index (κ1) is 14.2. The van der Waals surface area contributed by atoms with Crippen molar-refractivity contribution in [2.45, 2.75) is 51.6 Å². The lowest BCUT2D eigenvalue weighted by Gasteiger charge is -2.58. The summed E-state index contributed by atoms with van der Waals surface area (Å²) in [5.74, 6) is -0.387. The molecule has 7 atom stereocenters. The predicted molar refractivity (Wildman–Crippen MR) is 70.8 cm³/mol. The molecule has 0 aromatic heterocycles. The largest absolute Gasteiger partial charge is 0.396 e. The molecule has 2 bridgehead atoms. The Morgan fingerprint density at radius 3 is 2.70 bits per heavy atom. The highest BCUT2D eigenvalue weighted by Crippen LogP contribution is 2.64. The summed E-state index contributed by atoms with van der Waals surface area (Å²) in [7, 11) is 0. The Labute approximate surface area is 118 Å². The predicted octanol–water partition coefficient (Wildman–Crippen LogP) is 0.0294. The van der Waals surface area contributed by atoms with Crippen molar-refractivity contribution in [2.75, 3.05) is 6.61 Å². The Morgan fingerprint density at radius 1 is 1.45 bits per heavy atom. The van der Waals surface area contributed by atoms with Gasteiger partial charge in [0.15, 0.2) is 5.78 Å². The molecule has 3 rings (SSSR count). The highest BCUT2D eigenvalue weighted by molar-refractivity contribution is 6.00. The number of ether oxygens (including phenoxy) is 1. The van der Waals surface area contributed by atoms with E-state index in [4.69, 9.17) is 4.74 Å². The van der Waals surface area contributed by atoms with Crippen LogP contribution >= 0.6 is 0 Å². The molecular formula is C15H22O5. The second-order valence-corrected chi connectivity index (χ2v) is 6.81. The van der Waals surface area contributed by atoms with Gasteiger partial charge in [-0.15, -0.1) is 0 Å². The third-order valence-corrected chi connectivity index (χ3v) is 6.17. The second kappa shape index (κ2) is 4.13. The molecule has 20 heavy (non-hydrogen) atoms. The molecule has 2 fully saturated rings. The van der Waals surface area contributed by atoms with E-state index in [2.05, 4.69) is 0 Å². The van der Waals surface area contributed by atoms with E-state index in [1.54, 1.807) is 13.0 Å². The summed E-state index contributed by atoms with van der Waals surface area (Å²) in [6.45, 7) is 5.21. The van der Waals surface area contributed by atoms with Crippen LogP contribution in [0.4, 0.5) is 0 Å². The van der Waals surface area contributed by atoms with Crippen LogP contribution in [-0.4, -0.2) is 52.1 Å². The van der Waals surface area contributed by atoms with Gasteiger partial charge in [0, 0.05) is 0 Å². The number of aliphatic hydroxyl groups is 3. The highest BCUT2D eigenvalue weighted by Gasteiger charge is 2.70. The van der Waals surface area contributed by atoms with Gasteiger partial charge in [-0.05, 0) is 36.3 Å². The molecule has 1 saturated carbocycles. The molecular weight excluding hydrogens is 260 g/mol. The molecule has 1 saturated heterocycles. The van der Waals surface area contributed by atoms with Crippen molar-refractivity contribution in [1.29, 1.82) is 0 Å². The zero-order valence-electron chi connectivity index (χ0n) is 12.0. The van der Waals surface area contributed by atoms with Gasteiger partial charge in [-0.25, -0.2) is 0 Å². The number of fused-ring (bicyclic) bond motifs is 4. The summed E-state index contributed by atoms with van der Waals surface area (Å²) in [5, 5.41) is 30.8. The topological polar surface area (TPSA) is 87.0 Å². The van der Waals surface area contributed by atoms with Crippen molar-refractivity contribution in [1.82, 2.24) is 0 Å². The van der Waals surface area contributed by atoms with E-state index in [1.165, 1.54) is 0 Å². The van der Waals surface area contributed by atoms with Gasteiger partial charge >= 0.3 is 0 Å². The zero-order chi connectivity index (χ0) is 14.9. The minimum atomic E-state index is -1.29.